The van der Waals surface area contributed by atoms with Crippen LogP contribution in [0.3, 0.4) is 0 Å². The minimum atomic E-state index is -0.822. The first-order chi connectivity index (χ1) is 31.0. The van der Waals surface area contributed by atoms with Crippen molar-refractivity contribution in [1.82, 2.24) is 0 Å². The molecule has 0 amide bonds. The standard InChI is InChI=1S/C57H92O6/c1-4-7-10-13-16-19-22-24-26-28-30-32-35-37-40-43-46-49-55(58)61-52-54(63-57(60)51-48-45-42-39-34-21-18-15-12-9-6-3)53-62-56(59)50-47-44-41-38-36-33-31-29-27-25-23-20-17-14-11-8-5-2/h7,10,16-17,19-20,24-27,30-33,37-38,40-41,54H,4-6,8-9,11-15,18,21-23,28-29,34-36,39,42-53H2,1-3H3/b10-7-,19-16-,20-17-,26-24-,27-25-,32-30-,33-31-,40-37-,41-38-/t54-/m1/s1. The molecule has 0 aliphatic heterocycles. The lowest BCUT2D eigenvalue weighted by atomic mass is 10.1. The van der Waals surface area contributed by atoms with E-state index in [0.717, 1.165) is 83.5 Å². The molecular weight excluding hydrogens is 781 g/mol. The molecule has 0 fully saturated rings. The summed E-state index contributed by atoms with van der Waals surface area (Å²) in [4.78, 5) is 37.9. The first-order valence-corrected chi connectivity index (χ1v) is 25.4. The zero-order valence-electron chi connectivity index (χ0n) is 40.5. The summed E-state index contributed by atoms with van der Waals surface area (Å²) in [6.07, 6.45) is 67.9. The number of allylic oxidation sites excluding steroid dienone is 18. The van der Waals surface area contributed by atoms with Crippen LogP contribution in [0.4, 0.5) is 0 Å². The van der Waals surface area contributed by atoms with E-state index in [1.54, 1.807) is 0 Å². The van der Waals surface area contributed by atoms with Crippen LogP contribution in [0.15, 0.2) is 109 Å². The number of esters is 3. The highest BCUT2D eigenvalue weighted by atomic mass is 16.6. The lowest BCUT2D eigenvalue weighted by Crippen LogP contribution is -2.30. The summed E-state index contributed by atoms with van der Waals surface area (Å²) >= 11 is 0. The number of carbonyl (C=O) groups excluding carboxylic acids is 3. The Balaban J connectivity index is 4.55. The van der Waals surface area contributed by atoms with Gasteiger partial charge in [0, 0.05) is 19.3 Å². The van der Waals surface area contributed by atoms with Gasteiger partial charge in [0.1, 0.15) is 13.2 Å². The van der Waals surface area contributed by atoms with Gasteiger partial charge in [-0.15, -0.1) is 0 Å². The lowest BCUT2D eigenvalue weighted by molar-refractivity contribution is -0.167. The van der Waals surface area contributed by atoms with Crippen LogP contribution in [0.25, 0.3) is 0 Å². The maximum absolute atomic E-state index is 12.8. The van der Waals surface area contributed by atoms with E-state index in [2.05, 4.69) is 130 Å². The molecule has 0 saturated carbocycles. The topological polar surface area (TPSA) is 78.9 Å². The second kappa shape index (κ2) is 50.7. The largest absolute Gasteiger partial charge is 0.462 e. The minimum Gasteiger partial charge on any atom is -0.462 e. The first kappa shape index (κ1) is 59.1. The van der Waals surface area contributed by atoms with Crippen LogP contribution in [0.5, 0.6) is 0 Å². The van der Waals surface area contributed by atoms with Gasteiger partial charge < -0.3 is 14.2 Å². The molecule has 0 unspecified atom stereocenters. The first-order valence-electron chi connectivity index (χ1n) is 25.4. The third kappa shape index (κ3) is 49.0. The van der Waals surface area contributed by atoms with Gasteiger partial charge in [-0.3, -0.25) is 14.4 Å². The van der Waals surface area contributed by atoms with Gasteiger partial charge in [-0.2, -0.15) is 0 Å². The quantitative estimate of drug-likeness (QED) is 0.0263. The van der Waals surface area contributed by atoms with E-state index < -0.39 is 6.10 Å². The predicted octanol–water partition coefficient (Wildman–Crippen LogP) is 16.8. The fourth-order valence-corrected chi connectivity index (χ4v) is 6.47. The van der Waals surface area contributed by atoms with E-state index in [1.807, 2.05) is 0 Å². The summed E-state index contributed by atoms with van der Waals surface area (Å²) in [5.74, 6) is -1.04. The molecule has 0 aliphatic carbocycles. The van der Waals surface area contributed by atoms with Crippen LogP contribution in [-0.2, 0) is 28.6 Å². The monoisotopic (exact) mass is 873 g/mol. The molecule has 0 heterocycles. The molecule has 0 aromatic carbocycles. The third-order valence-corrected chi connectivity index (χ3v) is 10.3. The predicted molar refractivity (Wildman–Crippen MR) is 270 cm³/mol. The van der Waals surface area contributed by atoms with Gasteiger partial charge in [0.05, 0.1) is 0 Å². The van der Waals surface area contributed by atoms with Crippen molar-refractivity contribution in [2.24, 2.45) is 0 Å². The van der Waals surface area contributed by atoms with E-state index in [0.29, 0.717) is 19.3 Å². The second-order valence-electron chi connectivity index (χ2n) is 16.3. The molecule has 6 nitrogen and oxygen atoms in total. The average molecular weight is 873 g/mol. The van der Waals surface area contributed by atoms with Crippen molar-refractivity contribution >= 4 is 17.9 Å². The minimum absolute atomic E-state index is 0.125. The molecule has 0 saturated heterocycles. The van der Waals surface area contributed by atoms with Crippen molar-refractivity contribution in [2.45, 2.75) is 219 Å². The van der Waals surface area contributed by atoms with Gasteiger partial charge >= 0.3 is 17.9 Å². The molecule has 63 heavy (non-hydrogen) atoms. The Morgan fingerprint density at radius 2 is 0.635 bits per heavy atom. The summed E-state index contributed by atoms with van der Waals surface area (Å²) in [5, 5.41) is 0. The summed E-state index contributed by atoms with van der Waals surface area (Å²) in [5.41, 5.74) is 0. The van der Waals surface area contributed by atoms with E-state index in [9.17, 15) is 14.4 Å². The van der Waals surface area contributed by atoms with Crippen molar-refractivity contribution in [2.75, 3.05) is 13.2 Å². The molecule has 0 radical (unpaired) electrons. The Morgan fingerprint density at radius 1 is 0.333 bits per heavy atom. The van der Waals surface area contributed by atoms with E-state index in [4.69, 9.17) is 14.2 Å². The van der Waals surface area contributed by atoms with Gasteiger partial charge in [-0.25, -0.2) is 0 Å². The van der Waals surface area contributed by atoms with Crippen LogP contribution in [-0.4, -0.2) is 37.2 Å². The number of ether oxygens (including phenoxy) is 3. The molecule has 0 aromatic rings. The Kier molecular flexibility index (Phi) is 47.5. The van der Waals surface area contributed by atoms with Gasteiger partial charge in [0.2, 0.25) is 0 Å². The van der Waals surface area contributed by atoms with Crippen molar-refractivity contribution in [1.29, 1.82) is 0 Å². The molecule has 6 heteroatoms. The molecule has 0 aromatic heterocycles. The summed E-state index contributed by atoms with van der Waals surface area (Å²) < 4.78 is 16.7. The Morgan fingerprint density at radius 3 is 1.02 bits per heavy atom. The van der Waals surface area contributed by atoms with Gasteiger partial charge in [-0.05, 0) is 96.3 Å². The van der Waals surface area contributed by atoms with Crippen LogP contribution in [0.2, 0.25) is 0 Å². The number of rotatable bonds is 44. The van der Waals surface area contributed by atoms with Gasteiger partial charge in [-0.1, -0.05) is 207 Å². The van der Waals surface area contributed by atoms with Crippen molar-refractivity contribution < 1.29 is 28.6 Å². The normalized spacial score (nSPS) is 13.0. The molecular formula is C57H92O6. The van der Waals surface area contributed by atoms with Crippen molar-refractivity contribution in [3.63, 3.8) is 0 Å². The average Bonchev–Trinajstić information content (AvgIpc) is 3.28. The Hall–Kier alpha value is -3.93. The van der Waals surface area contributed by atoms with Crippen molar-refractivity contribution in [3.8, 4) is 0 Å². The van der Waals surface area contributed by atoms with Crippen LogP contribution in [0.1, 0.15) is 213 Å². The van der Waals surface area contributed by atoms with Gasteiger partial charge in [0.25, 0.3) is 0 Å². The highest BCUT2D eigenvalue weighted by molar-refractivity contribution is 5.71. The maximum atomic E-state index is 12.8. The highest BCUT2D eigenvalue weighted by Gasteiger charge is 2.19. The lowest BCUT2D eigenvalue weighted by Gasteiger charge is -2.18. The molecule has 0 bridgehead atoms. The van der Waals surface area contributed by atoms with E-state index in [1.165, 1.54) is 77.0 Å². The zero-order valence-corrected chi connectivity index (χ0v) is 40.5. The number of hydrogen-bond donors (Lipinski definition) is 0. The number of hydrogen-bond acceptors (Lipinski definition) is 6. The summed E-state index contributed by atoms with van der Waals surface area (Å²) in [6, 6.07) is 0. The fourth-order valence-electron chi connectivity index (χ4n) is 6.47. The number of carbonyl (C=O) groups is 3. The molecule has 356 valence electrons. The molecule has 0 spiro atoms. The molecule has 1 atom stereocenters. The van der Waals surface area contributed by atoms with Crippen LogP contribution >= 0.6 is 0 Å². The zero-order chi connectivity index (χ0) is 45.8. The molecule has 0 aliphatic rings. The van der Waals surface area contributed by atoms with Crippen molar-refractivity contribution in [3.05, 3.63) is 109 Å². The maximum Gasteiger partial charge on any atom is 0.306 e. The molecule has 0 rings (SSSR count). The second-order valence-corrected chi connectivity index (χ2v) is 16.3. The van der Waals surface area contributed by atoms with Gasteiger partial charge in [0.15, 0.2) is 6.10 Å². The fraction of sp³-hybridized carbons (Fsp3) is 0.632. The SMILES string of the molecule is CC/C=C\C/C=C\C/C=C\C/C=C\C/C=C\CCCC(=O)OC[C@H](COC(=O)CCC/C=C\C/C=C\C/C=C\C/C=C\CCCCC)OC(=O)CCCCCCCCCCCCC. The molecule has 0 N–H and O–H groups in total. The summed E-state index contributed by atoms with van der Waals surface area (Å²) in [6.45, 7) is 6.37. The summed E-state index contributed by atoms with van der Waals surface area (Å²) in [7, 11) is 0. The smallest absolute Gasteiger partial charge is 0.306 e. The number of unbranched alkanes of at least 4 members (excludes halogenated alkanes) is 15. The van der Waals surface area contributed by atoms with Crippen LogP contribution < -0.4 is 0 Å². The Bertz CT molecular complexity index is 1330. The van der Waals surface area contributed by atoms with E-state index >= 15 is 0 Å². The third-order valence-electron chi connectivity index (χ3n) is 10.3. The van der Waals surface area contributed by atoms with E-state index in [-0.39, 0.29) is 44.0 Å². The van der Waals surface area contributed by atoms with Crippen LogP contribution in [0, 0.1) is 0 Å². The Labute approximate surface area is 387 Å². The highest BCUT2D eigenvalue weighted by Crippen LogP contribution is 2.13.